The molecule has 0 atom stereocenters. The number of hydrogen-bond acceptors (Lipinski definition) is 4. The minimum atomic E-state index is -1.03. The second-order valence-electron chi connectivity index (χ2n) is 7.98. The molecule has 0 saturated carbocycles. The van der Waals surface area contributed by atoms with Gasteiger partial charge >= 0.3 is 7.12 Å². The first-order chi connectivity index (χ1) is 12.7. The fourth-order valence-electron chi connectivity index (χ4n) is 2.83. The lowest BCUT2D eigenvalue weighted by Crippen LogP contribution is -2.41. The molecule has 0 spiro atoms. The standard InChI is InChI=1S/C20H27BFN3O2/c1-6-7-8-15-9-11-17(12-10-15)25-14-16(23-24-25)13-18(22)21-26-19(2,3)20(4,5)27-21/h9-14H,6-8H2,1-5H3. The van der Waals surface area contributed by atoms with E-state index in [9.17, 15) is 4.39 Å². The Morgan fingerprint density at radius 3 is 2.37 bits per heavy atom. The third kappa shape index (κ3) is 4.30. The van der Waals surface area contributed by atoms with Crippen LogP contribution in [-0.2, 0) is 15.7 Å². The van der Waals surface area contributed by atoms with Crippen molar-refractivity contribution in [3.8, 4) is 5.69 Å². The van der Waals surface area contributed by atoms with E-state index in [1.54, 1.807) is 10.9 Å². The molecule has 0 amide bonds. The van der Waals surface area contributed by atoms with Crippen molar-refractivity contribution < 1.29 is 13.7 Å². The molecular formula is C20H27BFN3O2. The van der Waals surface area contributed by atoms with E-state index in [-0.39, 0.29) is 0 Å². The highest BCUT2D eigenvalue weighted by Crippen LogP contribution is 2.38. The topological polar surface area (TPSA) is 49.2 Å². The first-order valence-electron chi connectivity index (χ1n) is 9.46. The largest absolute Gasteiger partial charge is 0.525 e. The minimum Gasteiger partial charge on any atom is -0.398 e. The Kier molecular flexibility index (Phi) is 5.54. The predicted molar refractivity (Wildman–Crippen MR) is 105 cm³/mol. The number of rotatable bonds is 6. The van der Waals surface area contributed by atoms with Crippen LogP contribution in [0.5, 0.6) is 0 Å². The molecule has 0 radical (unpaired) electrons. The lowest BCUT2D eigenvalue weighted by Gasteiger charge is -2.32. The summed E-state index contributed by atoms with van der Waals surface area (Å²) in [5.74, 6) is 0. The SMILES string of the molecule is CCCCc1ccc(-n2cc(C=C(F)B3OC(C)(C)C(C)(C)O3)nn2)cc1. The van der Waals surface area contributed by atoms with Gasteiger partial charge in [0.1, 0.15) is 11.4 Å². The van der Waals surface area contributed by atoms with Gasteiger partial charge in [-0.3, -0.25) is 0 Å². The average molecular weight is 371 g/mol. The zero-order valence-corrected chi connectivity index (χ0v) is 16.7. The van der Waals surface area contributed by atoms with Gasteiger partial charge in [0.25, 0.3) is 0 Å². The smallest absolute Gasteiger partial charge is 0.398 e. The van der Waals surface area contributed by atoms with Crippen molar-refractivity contribution in [1.82, 2.24) is 15.0 Å². The van der Waals surface area contributed by atoms with Crippen LogP contribution in [0.1, 0.15) is 58.7 Å². The maximum absolute atomic E-state index is 14.6. The van der Waals surface area contributed by atoms with Gasteiger partial charge in [0.05, 0.1) is 23.1 Å². The zero-order valence-electron chi connectivity index (χ0n) is 16.7. The molecule has 1 aliphatic rings. The average Bonchev–Trinajstić information content (AvgIpc) is 3.15. The van der Waals surface area contributed by atoms with Crippen LogP contribution in [0.4, 0.5) is 4.39 Å². The summed E-state index contributed by atoms with van der Waals surface area (Å²) in [5.41, 5.74) is 0.916. The monoisotopic (exact) mass is 371 g/mol. The van der Waals surface area contributed by atoms with Crippen LogP contribution in [0.15, 0.2) is 36.2 Å². The summed E-state index contributed by atoms with van der Waals surface area (Å²) in [6.45, 7) is 9.74. The molecule has 2 aromatic rings. The number of nitrogens with zero attached hydrogens (tertiary/aromatic N) is 3. The summed E-state index contributed by atoms with van der Waals surface area (Å²) >= 11 is 0. The Labute approximate surface area is 160 Å². The Morgan fingerprint density at radius 1 is 1.15 bits per heavy atom. The van der Waals surface area contributed by atoms with E-state index in [1.807, 2.05) is 39.8 Å². The molecule has 144 valence electrons. The molecule has 5 nitrogen and oxygen atoms in total. The molecule has 1 aliphatic heterocycles. The lowest BCUT2D eigenvalue weighted by atomic mass is 9.87. The number of benzene rings is 1. The van der Waals surface area contributed by atoms with Crippen LogP contribution >= 0.6 is 0 Å². The Morgan fingerprint density at radius 2 is 1.78 bits per heavy atom. The molecule has 2 heterocycles. The molecular weight excluding hydrogens is 344 g/mol. The molecule has 0 aliphatic carbocycles. The van der Waals surface area contributed by atoms with Gasteiger partial charge in [-0.25, -0.2) is 9.07 Å². The van der Waals surface area contributed by atoms with Gasteiger partial charge in [-0.05, 0) is 64.3 Å². The number of aryl methyl sites for hydroxylation is 1. The molecule has 0 N–H and O–H groups in total. The Balaban J connectivity index is 1.71. The summed E-state index contributed by atoms with van der Waals surface area (Å²) in [7, 11) is -1.03. The molecule has 0 bridgehead atoms. The summed E-state index contributed by atoms with van der Waals surface area (Å²) in [5, 5.41) is 8.12. The zero-order chi connectivity index (χ0) is 19.7. The van der Waals surface area contributed by atoms with E-state index in [2.05, 4.69) is 29.4 Å². The van der Waals surface area contributed by atoms with Gasteiger partial charge < -0.3 is 9.31 Å². The van der Waals surface area contributed by atoms with Crippen molar-refractivity contribution in [2.75, 3.05) is 0 Å². The van der Waals surface area contributed by atoms with Crippen molar-refractivity contribution in [2.24, 2.45) is 0 Å². The summed E-state index contributed by atoms with van der Waals surface area (Å²) < 4.78 is 27.7. The second-order valence-corrected chi connectivity index (χ2v) is 7.98. The fraction of sp³-hybridized carbons (Fsp3) is 0.500. The number of halogens is 1. The molecule has 7 heteroatoms. The highest BCUT2D eigenvalue weighted by atomic mass is 19.1. The van der Waals surface area contributed by atoms with Gasteiger partial charge in [0.15, 0.2) is 0 Å². The van der Waals surface area contributed by atoms with Crippen LogP contribution in [-0.4, -0.2) is 33.3 Å². The molecule has 27 heavy (non-hydrogen) atoms. The van der Waals surface area contributed by atoms with Gasteiger partial charge in [-0.1, -0.05) is 30.7 Å². The molecule has 3 rings (SSSR count). The van der Waals surface area contributed by atoms with Crippen molar-refractivity contribution in [3.63, 3.8) is 0 Å². The lowest BCUT2D eigenvalue weighted by molar-refractivity contribution is 0.00578. The van der Waals surface area contributed by atoms with E-state index >= 15 is 0 Å². The normalized spacial score (nSPS) is 18.9. The van der Waals surface area contributed by atoms with Crippen molar-refractivity contribution >= 4 is 13.2 Å². The summed E-state index contributed by atoms with van der Waals surface area (Å²) in [6.07, 6.45) is 6.42. The van der Waals surface area contributed by atoms with Crippen molar-refractivity contribution in [2.45, 2.75) is 65.1 Å². The fourth-order valence-corrected chi connectivity index (χ4v) is 2.83. The van der Waals surface area contributed by atoms with Gasteiger partial charge in [0, 0.05) is 0 Å². The molecule has 0 unspecified atom stereocenters. The van der Waals surface area contributed by atoms with Gasteiger partial charge in [-0.15, -0.1) is 5.10 Å². The van der Waals surface area contributed by atoms with E-state index in [0.29, 0.717) is 5.69 Å². The summed E-state index contributed by atoms with van der Waals surface area (Å²) in [6, 6.07) is 8.18. The number of unbranched alkanes of at least 4 members (excludes halogenated alkanes) is 1. The van der Waals surface area contributed by atoms with Gasteiger partial charge in [0.2, 0.25) is 0 Å². The number of hydrogen-bond donors (Lipinski definition) is 0. The first kappa shape index (κ1) is 19.8. The quantitative estimate of drug-likeness (QED) is 0.699. The van der Waals surface area contributed by atoms with E-state index in [4.69, 9.17) is 9.31 Å². The highest BCUT2D eigenvalue weighted by Gasteiger charge is 2.53. The second kappa shape index (κ2) is 7.56. The van der Waals surface area contributed by atoms with E-state index in [0.717, 1.165) is 12.1 Å². The van der Waals surface area contributed by atoms with Crippen molar-refractivity contribution in [3.05, 3.63) is 47.4 Å². The molecule has 1 aromatic carbocycles. The molecule has 1 saturated heterocycles. The molecule has 1 aromatic heterocycles. The van der Waals surface area contributed by atoms with Gasteiger partial charge in [-0.2, -0.15) is 0 Å². The summed E-state index contributed by atoms with van der Waals surface area (Å²) in [4.78, 5) is 0. The number of aromatic nitrogens is 3. The van der Waals surface area contributed by atoms with Crippen LogP contribution in [0, 0.1) is 0 Å². The van der Waals surface area contributed by atoms with Crippen LogP contribution < -0.4 is 0 Å². The highest BCUT2D eigenvalue weighted by molar-refractivity contribution is 6.54. The minimum absolute atomic E-state index is 0.414. The third-order valence-electron chi connectivity index (χ3n) is 5.30. The Hall–Kier alpha value is -1.99. The van der Waals surface area contributed by atoms with E-state index in [1.165, 1.54) is 24.5 Å². The predicted octanol–water partition coefficient (Wildman–Crippen LogP) is 4.55. The maximum atomic E-state index is 14.6. The Bertz CT molecular complexity index is 799. The van der Waals surface area contributed by atoms with Crippen molar-refractivity contribution in [1.29, 1.82) is 0 Å². The van der Waals surface area contributed by atoms with Crippen LogP contribution in [0.25, 0.3) is 11.8 Å². The third-order valence-corrected chi connectivity index (χ3v) is 5.30. The first-order valence-corrected chi connectivity index (χ1v) is 9.46. The van der Waals surface area contributed by atoms with Crippen LogP contribution in [0.2, 0.25) is 0 Å². The van der Waals surface area contributed by atoms with E-state index < -0.39 is 24.0 Å². The maximum Gasteiger partial charge on any atom is 0.525 e. The molecule has 1 fully saturated rings. The van der Waals surface area contributed by atoms with Crippen LogP contribution in [0.3, 0.4) is 0 Å².